The molecule has 0 atom stereocenters. The van der Waals surface area contributed by atoms with E-state index in [9.17, 15) is 14.4 Å². The molecule has 4 rings (SSSR count). The van der Waals surface area contributed by atoms with Crippen molar-refractivity contribution in [1.29, 1.82) is 5.26 Å². The number of hydrogen-bond acceptors (Lipinski definition) is 6. The van der Waals surface area contributed by atoms with Gasteiger partial charge in [-0.15, -0.1) is 0 Å². The highest BCUT2D eigenvalue weighted by Crippen LogP contribution is 2.38. The Bertz CT molecular complexity index is 1480. The highest BCUT2D eigenvalue weighted by molar-refractivity contribution is 9.10. The summed E-state index contributed by atoms with van der Waals surface area (Å²) in [6.07, 6.45) is 0. The maximum absolute atomic E-state index is 15.1. The Morgan fingerprint density at radius 1 is 1.19 bits per heavy atom. The maximum Gasteiger partial charge on any atom is 0.329 e. The molecular weight excluding hydrogens is 594 g/mol. The number of amides is 4. The van der Waals surface area contributed by atoms with Crippen LogP contribution >= 0.6 is 39.1 Å². The van der Waals surface area contributed by atoms with E-state index in [4.69, 9.17) is 37.9 Å². The van der Waals surface area contributed by atoms with Crippen molar-refractivity contribution in [3.8, 4) is 23.3 Å². The van der Waals surface area contributed by atoms with E-state index in [-0.39, 0.29) is 49.6 Å². The van der Waals surface area contributed by atoms with Gasteiger partial charge >= 0.3 is 6.03 Å². The van der Waals surface area contributed by atoms with Crippen molar-refractivity contribution in [2.45, 2.75) is 0 Å². The van der Waals surface area contributed by atoms with Crippen LogP contribution in [0.2, 0.25) is 10.0 Å². The third-order valence-corrected chi connectivity index (χ3v) is 6.08. The lowest BCUT2D eigenvalue weighted by molar-refractivity contribution is -0.118. The van der Waals surface area contributed by atoms with E-state index in [1.807, 2.05) is 6.07 Å². The van der Waals surface area contributed by atoms with Gasteiger partial charge in [0.25, 0.3) is 5.91 Å². The van der Waals surface area contributed by atoms with Gasteiger partial charge < -0.3 is 14.8 Å². The molecule has 0 aromatic heterocycles. The first-order valence-electron chi connectivity index (χ1n) is 10.3. The number of carbonyl (C=O) groups is 3. The SMILES string of the molecule is N#Cc1cc(Cl)cc(Oc2c(Br)ccc(OCC(=O)Nc3ccc(N4CC(=O)NC4=O)cc3Cl)c2F)c1. The summed E-state index contributed by atoms with van der Waals surface area (Å²) in [6, 6.07) is 12.7. The first-order chi connectivity index (χ1) is 17.6. The monoisotopic (exact) mass is 606 g/mol. The van der Waals surface area contributed by atoms with Gasteiger partial charge in [0.2, 0.25) is 11.7 Å². The second-order valence-electron chi connectivity index (χ2n) is 7.52. The molecule has 4 amide bonds. The third-order valence-electron chi connectivity index (χ3n) is 4.92. The number of ether oxygens (including phenoxy) is 2. The van der Waals surface area contributed by atoms with E-state index in [0.29, 0.717) is 5.69 Å². The van der Waals surface area contributed by atoms with Gasteiger partial charge in [-0.2, -0.15) is 9.65 Å². The number of hydrogen-bond donors (Lipinski definition) is 2. The normalized spacial score (nSPS) is 12.7. The number of carbonyl (C=O) groups excluding carboxylic acids is 3. The number of benzene rings is 3. The number of nitriles is 1. The first-order valence-corrected chi connectivity index (χ1v) is 11.9. The smallest absolute Gasteiger partial charge is 0.329 e. The summed E-state index contributed by atoms with van der Waals surface area (Å²) in [5, 5.41) is 14.1. The summed E-state index contributed by atoms with van der Waals surface area (Å²) in [6.45, 7) is -0.704. The molecule has 37 heavy (non-hydrogen) atoms. The maximum atomic E-state index is 15.1. The average molecular weight is 608 g/mol. The van der Waals surface area contributed by atoms with Crippen LogP contribution in [0, 0.1) is 17.1 Å². The Balaban J connectivity index is 1.42. The molecule has 1 fully saturated rings. The predicted octanol–water partition coefficient (Wildman–Crippen LogP) is 5.63. The van der Waals surface area contributed by atoms with E-state index in [1.165, 1.54) is 53.4 Å². The second kappa shape index (κ2) is 11.0. The van der Waals surface area contributed by atoms with Crippen LogP contribution in [0.15, 0.2) is 53.0 Å². The molecule has 1 aliphatic rings. The molecule has 9 nitrogen and oxygen atoms in total. The molecule has 0 spiro atoms. The number of halogens is 4. The average Bonchev–Trinajstić information content (AvgIpc) is 3.19. The molecule has 1 saturated heterocycles. The van der Waals surface area contributed by atoms with Gasteiger partial charge in [-0.25, -0.2) is 4.79 Å². The van der Waals surface area contributed by atoms with Crippen LogP contribution in [0.4, 0.5) is 20.6 Å². The lowest BCUT2D eigenvalue weighted by Gasteiger charge is -2.16. The van der Waals surface area contributed by atoms with Crippen LogP contribution in [-0.4, -0.2) is 31.0 Å². The minimum atomic E-state index is -0.888. The van der Waals surface area contributed by atoms with Gasteiger partial charge in [0.1, 0.15) is 12.3 Å². The van der Waals surface area contributed by atoms with Crippen LogP contribution in [0.3, 0.4) is 0 Å². The standard InChI is InChI=1S/C24H14BrCl2FN4O5/c25-16-2-4-19(22(28)23(16)37-15-6-12(9-29)5-13(26)7-15)36-11-21(34)30-18-3-1-14(8-17(18)27)32-10-20(33)31-24(32)35/h1-8H,10-11H2,(H,30,34)(H,31,33,35). The van der Waals surface area contributed by atoms with Crippen molar-refractivity contribution in [2.24, 2.45) is 0 Å². The summed E-state index contributed by atoms with van der Waals surface area (Å²) in [5.74, 6) is -2.33. The zero-order chi connectivity index (χ0) is 26.7. The summed E-state index contributed by atoms with van der Waals surface area (Å²) >= 11 is 15.4. The molecule has 0 aliphatic carbocycles. The summed E-state index contributed by atoms with van der Waals surface area (Å²) in [7, 11) is 0. The minimum Gasteiger partial charge on any atom is -0.481 e. The fraction of sp³-hybridized carbons (Fsp3) is 0.0833. The molecule has 1 aliphatic heterocycles. The van der Waals surface area contributed by atoms with Gasteiger partial charge in [0.15, 0.2) is 18.1 Å². The van der Waals surface area contributed by atoms with Crippen LogP contribution in [0.1, 0.15) is 5.56 Å². The van der Waals surface area contributed by atoms with Crippen molar-refractivity contribution in [2.75, 3.05) is 23.4 Å². The van der Waals surface area contributed by atoms with Crippen molar-refractivity contribution in [1.82, 2.24) is 5.32 Å². The summed E-state index contributed by atoms with van der Waals surface area (Å²) in [4.78, 5) is 36.8. The molecule has 0 saturated carbocycles. The van der Waals surface area contributed by atoms with Gasteiger partial charge in [-0.1, -0.05) is 23.2 Å². The summed E-state index contributed by atoms with van der Waals surface area (Å²) in [5.41, 5.74) is 0.820. The third kappa shape index (κ3) is 6.11. The molecule has 3 aromatic carbocycles. The predicted molar refractivity (Wildman–Crippen MR) is 137 cm³/mol. The molecule has 3 aromatic rings. The second-order valence-corrected chi connectivity index (χ2v) is 9.22. The Morgan fingerprint density at radius 3 is 2.65 bits per heavy atom. The molecule has 0 unspecified atom stereocenters. The van der Waals surface area contributed by atoms with Crippen LogP contribution < -0.4 is 25.0 Å². The quantitative estimate of drug-likeness (QED) is 0.336. The Hall–Kier alpha value is -3.85. The summed E-state index contributed by atoms with van der Waals surface area (Å²) < 4.78 is 26.3. The molecule has 2 N–H and O–H groups in total. The molecule has 0 bridgehead atoms. The van der Waals surface area contributed by atoms with Crippen LogP contribution in [-0.2, 0) is 9.59 Å². The number of nitrogens with zero attached hydrogens (tertiary/aromatic N) is 2. The lowest BCUT2D eigenvalue weighted by atomic mass is 10.2. The van der Waals surface area contributed by atoms with E-state index >= 15 is 4.39 Å². The van der Waals surface area contributed by atoms with Gasteiger partial charge in [0.05, 0.1) is 26.8 Å². The van der Waals surface area contributed by atoms with Gasteiger partial charge in [0, 0.05) is 10.7 Å². The zero-order valence-corrected chi connectivity index (χ0v) is 21.6. The van der Waals surface area contributed by atoms with Crippen LogP contribution in [0.5, 0.6) is 17.2 Å². The van der Waals surface area contributed by atoms with Crippen molar-refractivity contribution < 1.29 is 28.2 Å². The fourth-order valence-electron chi connectivity index (χ4n) is 3.28. The fourth-order valence-corrected chi connectivity index (χ4v) is 4.11. The van der Waals surface area contributed by atoms with E-state index in [0.717, 1.165) is 0 Å². The Kier molecular flexibility index (Phi) is 7.83. The highest BCUT2D eigenvalue weighted by atomic mass is 79.9. The van der Waals surface area contributed by atoms with Crippen molar-refractivity contribution in [3.05, 3.63) is 74.4 Å². The van der Waals surface area contributed by atoms with Crippen molar-refractivity contribution in [3.63, 3.8) is 0 Å². The molecule has 13 heteroatoms. The van der Waals surface area contributed by atoms with Crippen LogP contribution in [0.25, 0.3) is 0 Å². The number of nitrogens with one attached hydrogen (secondary N) is 2. The molecular formula is C24H14BrCl2FN4O5. The van der Waals surface area contributed by atoms with E-state index in [2.05, 4.69) is 26.6 Å². The first kappa shape index (κ1) is 26.2. The largest absolute Gasteiger partial charge is 0.481 e. The Morgan fingerprint density at radius 2 is 1.97 bits per heavy atom. The highest BCUT2D eigenvalue weighted by Gasteiger charge is 2.28. The topological polar surface area (TPSA) is 121 Å². The lowest BCUT2D eigenvalue weighted by Crippen LogP contribution is -2.27. The molecule has 1 heterocycles. The Labute approximate surface area is 227 Å². The van der Waals surface area contributed by atoms with E-state index in [1.54, 1.807) is 0 Å². The van der Waals surface area contributed by atoms with Gasteiger partial charge in [-0.05, 0) is 64.5 Å². The van der Waals surface area contributed by atoms with E-state index < -0.39 is 30.3 Å². The van der Waals surface area contributed by atoms with Crippen molar-refractivity contribution >= 4 is 68.4 Å². The number of urea groups is 1. The molecule has 188 valence electrons. The zero-order valence-electron chi connectivity index (χ0n) is 18.5. The minimum absolute atomic E-state index is 0.113. The number of anilines is 2. The number of rotatable bonds is 7. The molecule has 0 radical (unpaired) electrons. The van der Waals surface area contributed by atoms with Gasteiger partial charge in [-0.3, -0.25) is 19.8 Å². The number of imide groups is 1.